The first kappa shape index (κ1) is 19.7. The first-order valence-electron chi connectivity index (χ1n) is 9.27. The molecule has 1 atom stereocenters. The van der Waals surface area contributed by atoms with E-state index < -0.39 is 12.0 Å². The quantitative estimate of drug-likeness (QED) is 0.579. The van der Waals surface area contributed by atoms with E-state index in [1.54, 1.807) is 35.0 Å². The molecule has 0 spiro atoms. The lowest BCUT2D eigenvalue weighted by Crippen LogP contribution is -2.25. The topological polar surface area (TPSA) is 96.3 Å². The number of rotatable bonds is 4. The molecule has 30 heavy (non-hydrogen) atoms. The van der Waals surface area contributed by atoms with E-state index in [2.05, 4.69) is 15.7 Å². The van der Waals surface area contributed by atoms with Crippen LogP contribution in [0.15, 0.2) is 60.4 Å². The summed E-state index contributed by atoms with van der Waals surface area (Å²) in [6.07, 6.45) is 2.98. The molecule has 0 aliphatic carbocycles. The molecule has 0 unspecified atom stereocenters. The van der Waals surface area contributed by atoms with E-state index in [9.17, 15) is 14.7 Å². The Hall–Kier alpha value is -3.58. The molecule has 4 rings (SSSR count). The number of allylic oxidation sites excluding steroid dienone is 1. The van der Waals surface area contributed by atoms with Crippen molar-refractivity contribution in [1.82, 2.24) is 9.78 Å². The second kappa shape index (κ2) is 7.68. The molecular formula is C22H19ClN4O3. The molecule has 3 N–H and O–H groups in total. The largest absolute Gasteiger partial charge is 0.477 e. The third kappa shape index (κ3) is 3.67. The number of carbonyl (C=O) groups excluding carboxylic acids is 1. The maximum atomic E-state index is 12.9. The minimum Gasteiger partial charge on any atom is -0.477 e. The summed E-state index contributed by atoms with van der Waals surface area (Å²) >= 11 is 5.98. The van der Waals surface area contributed by atoms with Crippen molar-refractivity contribution in [2.45, 2.75) is 19.9 Å². The van der Waals surface area contributed by atoms with Gasteiger partial charge in [-0.2, -0.15) is 5.10 Å². The number of amides is 1. The van der Waals surface area contributed by atoms with Crippen LogP contribution in [-0.2, 0) is 4.79 Å². The number of anilines is 2. The zero-order valence-electron chi connectivity index (χ0n) is 16.3. The fourth-order valence-electron chi connectivity index (χ4n) is 3.30. The highest BCUT2D eigenvalue weighted by atomic mass is 35.5. The summed E-state index contributed by atoms with van der Waals surface area (Å²) < 4.78 is 1.59. The first-order valence-corrected chi connectivity index (χ1v) is 9.65. The minimum atomic E-state index is -1.12. The number of carboxylic acid groups (broad SMARTS) is 1. The number of nitrogens with zero attached hydrogens (tertiary/aromatic N) is 2. The standard InChI is InChI=1S/C22H19ClN4O3/c1-12-3-8-16(9-13(12)2)25-21(28)17-11-24-27-19(14-4-6-15(23)7-5-14)10-18(22(29)30)26-20(17)27/h3-11,19,26H,1-2H3,(H,25,28)(H,29,30)/t19-/m1/s1. The molecular weight excluding hydrogens is 404 g/mol. The zero-order chi connectivity index (χ0) is 21.4. The van der Waals surface area contributed by atoms with Gasteiger partial charge in [-0.1, -0.05) is 29.8 Å². The molecule has 0 fully saturated rings. The van der Waals surface area contributed by atoms with E-state index >= 15 is 0 Å². The molecule has 2 heterocycles. The normalized spacial score (nSPS) is 15.0. The number of carboxylic acids is 1. The van der Waals surface area contributed by atoms with Gasteiger partial charge in [0.05, 0.1) is 12.2 Å². The molecule has 0 radical (unpaired) electrons. The van der Waals surface area contributed by atoms with Crippen LogP contribution in [0.5, 0.6) is 0 Å². The maximum absolute atomic E-state index is 12.9. The highest BCUT2D eigenvalue weighted by Crippen LogP contribution is 2.33. The lowest BCUT2D eigenvalue weighted by Gasteiger charge is -2.24. The van der Waals surface area contributed by atoms with Gasteiger partial charge in [0.15, 0.2) is 0 Å². The number of carbonyl (C=O) groups is 2. The molecule has 3 aromatic rings. The Morgan fingerprint density at radius 2 is 1.87 bits per heavy atom. The molecule has 2 aromatic carbocycles. The molecule has 1 aromatic heterocycles. The SMILES string of the molecule is Cc1ccc(NC(=O)c2cnn3c2NC(C(=O)O)=C[C@@H]3c2ccc(Cl)cc2)cc1C. The van der Waals surface area contributed by atoms with E-state index in [1.165, 1.54) is 6.20 Å². The number of aliphatic carboxylic acids is 1. The Morgan fingerprint density at radius 3 is 2.53 bits per heavy atom. The van der Waals surface area contributed by atoms with Gasteiger partial charge in [0.1, 0.15) is 17.1 Å². The van der Waals surface area contributed by atoms with Gasteiger partial charge in [-0.05, 0) is 60.9 Å². The molecule has 0 saturated carbocycles. The summed E-state index contributed by atoms with van der Waals surface area (Å²) in [4.78, 5) is 24.6. The molecule has 1 aliphatic heterocycles. The number of aromatic nitrogens is 2. The van der Waals surface area contributed by atoms with Crippen LogP contribution in [0.25, 0.3) is 0 Å². The third-order valence-electron chi connectivity index (χ3n) is 5.09. The smallest absolute Gasteiger partial charge is 0.352 e. The average Bonchev–Trinajstić information content (AvgIpc) is 3.15. The molecule has 1 aliphatic rings. The first-order chi connectivity index (χ1) is 14.3. The van der Waals surface area contributed by atoms with Crippen LogP contribution in [0.4, 0.5) is 11.5 Å². The van der Waals surface area contributed by atoms with Gasteiger partial charge in [0, 0.05) is 10.7 Å². The van der Waals surface area contributed by atoms with E-state index in [0.717, 1.165) is 16.7 Å². The van der Waals surface area contributed by atoms with Gasteiger partial charge < -0.3 is 15.7 Å². The highest BCUT2D eigenvalue weighted by molar-refractivity contribution is 6.30. The average molecular weight is 423 g/mol. The second-order valence-corrected chi connectivity index (χ2v) is 7.55. The predicted octanol–water partition coefficient (Wildman–Crippen LogP) is 4.39. The number of nitrogens with one attached hydrogen (secondary N) is 2. The molecule has 152 valence electrons. The minimum absolute atomic E-state index is 0.0248. The molecule has 1 amide bonds. The molecule has 8 heteroatoms. The lowest BCUT2D eigenvalue weighted by molar-refractivity contribution is -0.132. The van der Waals surface area contributed by atoms with Crippen molar-refractivity contribution < 1.29 is 14.7 Å². The van der Waals surface area contributed by atoms with Gasteiger partial charge in [0.2, 0.25) is 0 Å². The number of fused-ring (bicyclic) bond motifs is 1. The number of hydrogen-bond donors (Lipinski definition) is 3. The predicted molar refractivity (Wildman–Crippen MR) is 115 cm³/mol. The molecule has 0 saturated heterocycles. The van der Waals surface area contributed by atoms with Crippen LogP contribution in [0.3, 0.4) is 0 Å². The van der Waals surface area contributed by atoms with Crippen molar-refractivity contribution >= 4 is 35.0 Å². The second-order valence-electron chi connectivity index (χ2n) is 7.11. The van der Waals surface area contributed by atoms with Crippen molar-refractivity contribution in [2.75, 3.05) is 10.6 Å². The summed E-state index contributed by atoms with van der Waals surface area (Å²) in [7, 11) is 0. The van der Waals surface area contributed by atoms with Gasteiger partial charge in [-0.3, -0.25) is 4.79 Å². The molecule has 7 nitrogen and oxygen atoms in total. The van der Waals surface area contributed by atoms with Crippen LogP contribution >= 0.6 is 11.6 Å². The number of hydrogen-bond acceptors (Lipinski definition) is 4. The van der Waals surface area contributed by atoms with Crippen molar-refractivity contribution in [3.63, 3.8) is 0 Å². The highest BCUT2D eigenvalue weighted by Gasteiger charge is 2.29. The van der Waals surface area contributed by atoms with Gasteiger partial charge in [0.25, 0.3) is 5.91 Å². The fourth-order valence-corrected chi connectivity index (χ4v) is 3.43. The Morgan fingerprint density at radius 1 is 1.13 bits per heavy atom. The Bertz CT molecular complexity index is 1180. The van der Waals surface area contributed by atoms with E-state index in [-0.39, 0.29) is 17.2 Å². The van der Waals surface area contributed by atoms with Gasteiger partial charge in [-0.25, -0.2) is 9.48 Å². The number of benzene rings is 2. The summed E-state index contributed by atoms with van der Waals surface area (Å²) in [6.45, 7) is 3.96. The number of aryl methyl sites for hydroxylation is 2. The summed E-state index contributed by atoms with van der Waals surface area (Å²) in [5, 5.41) is 20.1. The van der Waals surface area contributed by atoms with E-state index in [1.807, 2.05) is 32.0 Å². The summed E-state index contributed by atoms with van der Waals surface area (Å²) in [6, 6.07) is 12.2. The van der Waals surface area contributed by atoms with Gasteiger partial charge in [-0.15, -0.1) is 0 Å². The number of halogens is 1. The summed E-state index contributed by atoms with van der Waals surface area (Å²) in [5.74, 6) is -1.19. The van der Waals surface area contributed by atoms with Crippen LogP contribution in [0.2, 0.25) is 5.02 Å². The van der Waals surface area contributed by atoms with E-state index in [4.69, 9.17) is 11.6 Å². The monoisotopic (exact) mass is 422 g/mol. The van der Waals surface area contributed by atoms with Crippen LogP contribution in [0, 0.1) is 13.8 Å². The van der Waals surface area contributed by atoms with Crippen molar-refractivity contribution in [3.8, 4) is 0 Å². The Kier molecular flexibility index (Phi) is 5.05. The zero-order valence-corrected chi connectivity index (χ0v) is 17.1. The third-order valence-corrected chi connectivity index (χ3v) is 5.34. The van der Waals surface area contributed by atoms with Gasteiger partial charge >= 0.3 is 5.97 Å². The Labute approximate surface area is 178 Å². The summed E-state index contributed by atoms with van der Waals surface area (Å²) in [5.41, 5.74) is 3.86. The fraction of sp³-hybridized carbons (Fsp3) is 0.136. The molecule has 0 bridgehead atoms. The maximum Gasteiger partial charge on any atom is 0.352 e. The van der Waals surface area contributed by atoms with E-state index in [0.29, 0.717) is 16.5 Å². The van der Waals surface area contributed by atoms with Crippen LogP contribution < -0.4 is 10.6 Å². The van der Waals surface area contributed by atoms with Crippen molar-refractivity contribution in [1.29, 1.82) is 0 Å². The lowest BCUT2D eigenvalue weighted by atomic mass is 10.0. The Balaban J connectivity index is 1.70. The van der Waals surface area contributed by atoms with Crippen molar-refractivity contribution in [2.24, 2.45) is 0 Å². The van der Waals surface area contributed by atoms with Crippen LogP contribution in [-0.4, -0.2) is 26.8 Å². The van der Waals surface area contributed by atoms with Crippen molar-refractivity contribution in [3.05, 3.63) is 87.7 Å². The van der Waals surface area contributed by atoms with Crippen LogP contribution in [0.1, 0.15) is 33.1 Å².